The van der Waals surface area contributed by atoms with Crippen LogP contribution in [-0.4, -0.2) is 17.7 Å². The van der Waals surface area contributed by atoms with Gasteiger partial charge in [-0.2, -0.15) is 0 Å². The van der Waals surface area contributed by atoms with Crippen LogP contribution in [0.5, 0.6) is 0 Å². The molecule has 1 N–H and O–H groups in total. The summed E-state index contributed by atoms with van der Waals surface area (Å²) in [6, 6.07) is -0.316. The number of carbonyl (C=O) groups excluding carboxylic acids is 2. The summed E-state index contributed by atoms with van der Waals surface area (Å²) in [6.45, 7) is 5.48. The van der Waals surface area contributed by atoms with Gasteiger partial charge in [0.25, 0.3) is 0 Å². The molecule has 0 unspecified atom stereocenters. The van der Waals surface area contributed by atoms with Crippen molar-refractivity contribution >= 4 is 11.7 Å². The van der Waals surface area contributed by atoms with Gasteiger partial charge in [-0.1, -0.05) is 46.0 Å². The van der Waals surface area contributed by atoms with E-state index in [4.69, 9.17) is 0 Å². The molecule has 3 heteroatoms. The number of carbonyl (C=O) groups is 2. The summed E-state index contributed by atoms with van der Waals surface area (Å²) >= 11 is 0. The van der Waals surface area contributed by atoms with Crippen molar-refractivity contribution in [3.05, 3.63) is 0 Å². The minimum Gasteiger partial charge on any atom is -0.346 e. The van der Waals surface area contributed by atoms with Gasteiger partial charge in [-0.25, -0.2) is 0 Å². The van der Waals surface area contributed by atoms with E-state index in [1.54, 1.807) is 6.92 Å². The molecule has 0 saturated heterocycles. The lowest BCUT2D eigenvalue weighted by molar-refractivity contribution is -0.128. The fraction of sp³-hybridized carbons (Fsp3) is 0.867. The number of Topliss-reactive ketones (excluding diaryl/α,β-unsaturated/α-hetero) is 1. The smallest absolute Gasteiger partial charge is 0.220 e. The molecule has 1 rings (SSSR count). The predicted molar refractivity (Wildman–Crippen MR) is 73.3 cm³/mol. The highest BCUT2D eigenvalue weighted by atomic mass is 16.2. The molecule has 0 aliphatic heterocycles. The van der Waals surface area contributed by atoms with Crippen molar-refractivity contribution in [2.24, 2.45) is 11.8 Å². The van der Waals surface area contributed by atoms with E-state index in [9.17, 15) is 9.59 Å². The molecule has 0 aromatic rings. The van der Waals surface area contributed by atoms with Gasteiger partial charge in [-0.15, -0.1) is 0 Å². The molecule has 18 heavy (non-hydrogen) atoms. The summed E-state index contributed by atoms with van der Waals surface area (Å²) in [5.41, 5.74) is 0. The molecule has 0 bridgehead atoms. The first-order valence-corrected chi connectivity index (χ1v) is 7.30. The van der Waals surface area contributed by atoms with E-state index < -0.39 is 0 Å². The normalized spacial score (nSPS) is 18.7. The minimum absolute atomic E-state index is 0.0365. The first-order valence-electron chi connectivity index (χ1n) is 7.30. The van der Waals surface area contributed by atoms with E-state index in [0.29, 0.717) is 6.42 Å². The van der Waals surface area contributed by atoms with Crippen LogP contribution < -0.4 is 5.32 Å². The first-order chi connectivity index (χ1) is 8.50. The van der Waals surface area contributed by atoms with Gasteiger partial charge in [0.2, 0.25) is 5.91 Å². The highest BCUT2D eigenvalue weighted by Crippen LogP contribution is 2.27. The minimum atomic E-state index is -0.316. The fourth-order valence-corrected chi connectivity index (χ4v) is 2.79. The Morgan fingerprint density at radius 1 is 1.17 bits per heavy atom. The Hall–Kier alpha value is -0.860. The number of ketones is 1. The molecule has 0 aromatic carbocycles. The molecule has 1 aliphatic rings. The van der Waals surface area contributed by atoms with Gasteiger partial charge in [0, 0.05) is 6.42 Å². The van der Waals surface area contributed by atoms with Crippen LogP contribution in [0.15, 0.2) is 0 Å². The van der Waals surface area contributed by atoms with Crippen molar-refractivity contribution < 1.29 is 9.59 Å². The summed E-state index contributed by atoms with van der Waals surface area (Å²) < 4.78 is 0. The SMILES string of the molecule is CC(=O)[C@@H](NC(=O)CCC1CCCCC1)C(C)C. The van der Waals surface area contributed by atoms with E-state index in [-0.39, 0.29) is 23.7 Å². The summed E-state index contributed by atoms with van der Waals surface area (Å²) in [6.07, 6.45) is 8.07. The predicted octanol–water partition coefficient (Wildman–Crippen LogP) is 3.08. The lowest BCUT2D eigenvalue weighted by Gasteiger charge is -2.23. The zero-order valence-corrected chi connectivity index (χ0v) is 12.0. The Morgan fingerprint density at radius 3 is 2.28 bits per heavy atom. The third kappa shape index (κ3) is 5.19. The van der Waals surface area contributed by atoms with Crippen molar-refractivity contribution in [2.45, 2.75) is 71.8 Å². The Balaban J connectivity index is 2.29. The Kier molecular flexibility index (Phi) is 6.37. The number of hydrogen-bond acceptors (Lipinski definition) is 2. The average Bonchev–Trinajstić information content (AvgIpc) is 2.34. The maximum atomic E-state index is 11.8. The van der Waals surface area contributed by atoms with Gasteiger partial charge in [0.05, 0.1) is 6.04 Å². The lowest BCUT2D eigenvalue weighted by Crippen LogP contribution is -2.43. The fourth-order valence-electron chi connectivity index (χ4n) is 2.79. The summed E-state index contributed by atoms with van der Waals surface area (Å²) in [5.74, 6) is 0.978. The third-order valence-corrected chi connectivity index (χ3v) is 3.93. The van der Waals surface area contributed by atoms with Gasteiger partial charge in [0.15, 0.2) is 5.78 Å². The van der Waals surface area contributed by atoms with Crippen LogP contribution in [0.1, 0.15) is 65.7 Å². The molecule has 104 valence electrons. The second-order valence-electron chi connectivity index (χ2n) is 5.94. The molecule has 0 aromatic heterocycles. The lowest BCUT2D eigenvalue weighted by atomic mass is 9.86. The van der Waals surface area contributed by atoms with Crippen LogP contribution in [0, 0.1) is 11.8 Å². The molecule has 0 radical (unpaired) electrons. The molecular formula is C15H27NO2. The number of nitrogens with one attached hydrogen (secondary N) is 1. The van der Waals surface area contributed by atoms with E-state index in [0.717, 1.165) is 12.3 Å². The van der Waals surface area contributed by atoms with Crippen LogP contribution in [-0.2, 0) is 9.59 Å². The first kappa shape index (κ1) is 15.2. The van der Waals surface area contributed by atoms with Gasteiger partial charge in [-0.05, 0) is 25.2 Å². The number of rotatable bonds is 6. The monoisotopic (exact) mass is 253 g/mol. The van der Waals surface area contributed by atoms with Crippen molar-refractivity contribution in [1.29, 1.82) is 0 Å². The molecule has 0 heterocycles. The Bertz CT molecular complexity index is 280. The zero-order chi connectivity index (χ0) is 13.5. The Labute approximate surface area is 111 Å². The van der Waals surface area contributed by atoms with Gasteiger partial charge < -0.3 is 5.32 Å². The van der Waals surface area contributed by atoms with E-state index in [1.165, 1.54) is 32.1 Å². The van der Waals surface area contributed by atoms with Gasteiger partial charge in [0.1, 0.15) is 0 Å². The molecule has 1 aliphatic carbocycles. The summed E-state index contributed by atoms with van der Waals surface area (Å²) in [5, 5.41) is 2.87. The van der Waals surface area contributed by atoms with Crippen LogP contribution in [0.25, 0.3) is 0 Å². The third-order valence-electron chi connectivity index (χ3n) is 3.93. The second-order valence-corrected chi connectivity index (χ2v) is 5.94. The maximum absolute atomic E-state index is 11.8. The molecule has 1 atom stereocenters. The number of amides is 1. The second kappa shape index (κ2) is 7.55. The van der Waals surface area contributed by atoms with Crippen LogP contribution in [0.3, 0.4) is 0 Å². The number of hydrogen-bond donors (Lipinski definition) is 1. The quantitative estimate of drug-likeness (QED) is 0.790. The highest BCUT2D eigenvalue weighted by molar-refractivity contribution is 5.87. The summed E-state index contributed by atoms with van der Waals surface area (Å²) in [4.78, 5) is 23.3. The van der Waals surface area contributed by atoms with Crippen molar-refractivity contribution in [1.82, 2.24) is 5.32 Å². The van der Waals surface area contributed by atoms with Crippen LogP contribution >= 0.6 is 0 Å². The molecule has 0 spiro atoms. The summed E-state index contributed by atoms with van der Waals surface area (Å²) in [7, 11) is 0. The van der Waals surface area contributed by atoms with Crippen molar-refractivity contribution in [3.63, 3.8) is 0 Å². The van der Waals surface area contributed by atoms with Crippen molar-refractivity contribution in [3.8, 4) is 0 Å². The zero-order valence-electron chi connectivity index (χ0n) is 12.0. The molecule has 1 amide bonds. The molecule has 1 fully saturated rings. The van der Waals surface area contributed by atoms with E-state index >= 15 is 0 Å². The molecular weight excluding hydrogens is 226 g/mol. The topological polar surface area (TPSA) is 46.2 Å². The van der Waals surface area contributed by atoms with E-state index in [2.05, 4.69) is 5.32 Å². The maximum Gasteiger partial charge on any atom is 0.220 e. The van der Waals surface area contributed by atoms with Crippen molar-refractivity contribution in [2.75, 3.05) is 0 Å². The highest BCUT2D eigenvalue weighted by Gasteiger charge is 2.21. The van der Waals surface area contributed by atoms with Gasteiger partial charge in [-0.3, -0.25) is 9.59 Å². The Morgan fingerprint density at radius 2 is 1.78 bits per heavy atom. The van der Waals surface area contributed by atoms with E-state index in [1.807, 2.05) is 13.8 Å². The van der Waals surface area contributed by atoms with Gasteiger partial charge >= 0.3 is 0 Å². The largest absolute Gasteiger partial charge is 0.346 e. The molecule has 3 nitrogen and oxygen atoms in total. The average molecular weight is 253 g/mol. The van der Waals surface area contributed by atoms with Crippen LogP contribution in [0.4, 0.5) is 0 Å². The molecule has 1 saturated carbocycles. The standard InChI is InChI=1S/C15H27NO2/c1-11(2)15(12(3)17)16-14(18)10-9-13-7-5-4-6-8-13/h11,13,15H,4-10H2,1-3H3,(H,16,18)/t15-/m0/s1. The van der Waals surface area contributed by atoms with Crippen LogP contribution in [0.2, 0.25) is 0 Å².